The van der Waals surface area contributed by atoms with Crippen LogP contribution in [-0.4, -0.2) is 50.0 Å². The van der Waals surface area contributed by atoms with Gasteiger partial charge in [-0.1, -0.05) is 11.8 Å². The van der Waals surface area contributed by atoms with Crippen molar-refractivity contribution in [2.24, 2.45) is 4.99 Å². The van der Waals surface area contributed by atoms with Crippen LogP contribution < -0.4 is 9.64 Å². The van der Waals surface area contributed by atoms with Crippen molar-refractivity contribution in [2.45, 2.75) is 18.2 Å². The predicted octanol–water partition coefficient (Wildman–Crippen LogP) is 1.79. The van der Waals surface area contributed by atoms with Gasteiger partial charge in [0.15, 0.2) is 15.0 Å². The molecule has 0 amide bonds. The fourth-order valence-corrected chi connectivity index (χ4v) is 6.51. The van der Waals surface area contributed by atoms with Crippen LogP contribution in [0.5, 0.6) is 5.75 Å². The summed E-state index contributed by atoms with van der Waals surface area (Å²) in [4.78, 5) is 6.75. The van der Waals surface area contributed by atoms with Crippen LogP contribution in [0, 0.1) is 0 Å². The Morgan fingerprint density at radius 2 is 2.05 bits per heavy atom. The molecule has 0 aliphatic carbocycles. The highest BCUT2D eigenvalue weighted by Crippen LogP contribution is 2.36. The Balaban J connectivity index is 1.81. The molecule has 1 fully saturated rings. The number of methoxy groups -OCH3 is 1. The standard InChI is InChI=1S/C14H18N2O3S2/c1-3-16(10-4-6-11(19-2)7-5-10)14-15-12-8-21(17,18)9-13(12)20-14/h4-7,12-13H,3,8-9H2,1-2H3. The summed E-state index contributed by atoms with van der Waals surface area (Å²) >= 11 is 1.59. The molecular weight excluding hydrogens is 308 g/mol. The summed E-state index contributed by atoms with van der Waals surface area (Å²) in [7, 11) is -1.25. The first-order valence-corrected chi connectivity index (χ1v) is 9.59. The van der Waals surface area contributed by atoms with Crippen molar-refractivity contribution in [2.75, 3.05) is 30.1 Å². The highest BCUT2D eigenvalue weighted by atomic mass is 32.2. The maximum absolute atomic E-state index is 11.6. The SMILES string of the molecule is CCN(C1=NC2CS(=O)(=O)CC2S1)c1ccc(OC)cc1. The Labute approximate surface area is 129 Å². The van der Waals surface area contributed by atoms with Gasteiger partial charge in [-0.15, -0.1) is 0 Å². The number of anilines is 1. The lowest BCUT2D eigenvalue weighted by Gasteiger charge is -2.23. The topological polar surface area (TPSA) is 59.0 Å². The van der Waals surface area contributed by atoms with Crippen LogP contribution in [0.2, 0.25) is 0 Å². The molecule has 2 heterocycles. The number of aliphatic imine (C=N–C) groups is 1. The van der Waals surface area contributed by atoms with Gasteiger partial charge in [0.2, 0.25) is 0 Å². The average Bonchev–Trinajstić information content (AvgIpc) is 2.93. The van der Waals surface area contributed by atoms with Crippen molar-refractivity contribution < 1.29 is 13.2 Å². The number of hydrogen-bond donors (Lipinski definition) is 0. The van der Waals surface area contributed by atoms with Crippen LogP contribution >= 0.6 is 11.8 Å². The normalized spacial score (nSPS) is 26.3. The summed E-state index contributed by atoms with van der Waals surface area (Å²) < 4.78 is 28.4. The van der Waals surface area contributed by atoms with Crippen LogP contribution in [-0.2, 0) is 9.84 Å². The third kappa shape index (κ3) is 2.89. The number of benzene rings is 1. The van der Waals surface area contributed by atoms with Gasteiger partial charge in [0.25, 0.3) is 0 Å². The van der Waals surface area contributed by atoms with E-state index in [1.54, 1.807) is 18.9 Å². The van der Waals surface area contributed by atoms with Crippen LogP contribution in [0.4, 0.5) is 5.69 Å². The van der Waals surface area contributed by atoms with Gasteiger partial charge in [-0.05, 0) is 31.2 Å². The van der Waals surface area contributed by atoms with E-state index < -0.39 is 9.84 Å². The first-order valence-electron chi connectivity index (χ1n) is 6.89. The lowest BCUT2D eigenvalue weighted by Crippen LogP contribution is -2.28. The van der Waals surface area contributed by atoms with Gasteiger partial charge >= 0.3 is 0 Å². The second kappa shape index (κ2) is 5.53. The smallest absolute Gasteiger partial charge is 0.164 e. The summed E-state index contributed by atoms with van der Waals surface area (Å²) in [6.07, 6.45) is 0. The number of rotatable bonds is 3. The molecule has 7 heteroatoms. The Hall–Kier alpha value is -1.21. The number of thioether (sulfide) groups is 1. The maximum atomic E-state index is 11.6. The molecule has 2 aliphatic rings. The van der Waals surface area contributed by atoms with Gasteiger partial charge in [-0.3, -0.25) is 4.99 Å². The second-order valence-electron chi connectivity index (χ2n) is 5.15. The minimum Gasteiger partial charge on any atom is -0.497 e. The molecule has 0 spiro atoms. The van der Waals surface area contributed by atoms with E-state index in [0.717, 1.165) is 23.1 Å². The number of fused-ring (bicyclic) bond motifs is 1. The van der Waals surface area contributed by atoms with E-state index >= 15 is 0 Å². The Morgan fingerprint density at radius 3 is 2.62 bits per heavy atom. The lowest BCUT2D eigenvalue weighted by molar-refractivity contribution is 0.415. The molecule has 21 heavy (non-hydrogen) atoms. The van der Waals surface area contributed by atoms with Gasteiger partial charge in [0.1, 0.15) is 5.75 Å². The largest absolute Gasteiger partial charge is 0.497 e. The Kier molecular flexibility index (Phi) is 3.88. The lowest BCUT2D eigenvalue weighted by atomic mass is 10.2. The molecular formula is C14H18N2O3S2. The molecule has 1 saturated heterocycles. The van der Waals surface area contributed by atoms with E-state index in [9.17, 15) is 8.42 Å². The molecule has 114 valence electrons. The van der Waals surface area contributed by atoms with E-state index in [1.807, 2.05) is 24.3 Å². The van der Waals surface area contributed by atoms with E-state index in [1.165, 1.54) is 0 Å². The highest BCUT2D eigenvalue weighted by molar-refractivity contribution is 8.15. The molecule has 0 bridgehead atoms. The molecule has 0 aromatic heterocycles. The number of nitrogens with zero attached hydrogens (tertiary/aromatic N) is 2. The average molecular weight is 326 g/mol. The predicted molar refractivity (Wildman–Crippen MR) is 87.3 cm³/mol. The van der Waals surface area contributed by atoms with Gasteiger partial charge < -0.3 is 9.64 Å². The van der Waals surface area contributed by atoms with Crippen LogP contribution in [0.15, 0.2) is 29.3 Å². The van der Waals surface area contributed by atoms with Crippen molar-refractivity contribution in [1.29, 1.82) is 0 Å². The Morgan fingerprint density at radius 1 is 1.33 bits per heavy atom. The minimum absolute atomic E-state index is 0.0808. The molecule has 2 unspecified atom stereocenters. The highest BCUT2D eigenvalue weighted by Gasteiger charge is 2.43. The summed E-state index contributed by atoms with van der Waals surface area (Å²) in [6, 6.07) is 7.75. The molecule has 2 atom stereocenters. The number of amidine groups is 1. The van der Waals surface area contributed by atoms with Crippen LogP contribution in [0.3, 0.4) is 0 Å². The molecule has 2 aliphatic heterocycles. The summed E-state index contributed by atoms with van der Waals surface area (Å²) in [5.74, 6) is 1.25. The van der Waals surface area contributed by atoms with Crippen molar-refractivity contribution in [3.63, 3.8) is 0 Å². The first-order chi connectivity index (χ1) is 10.0. The van der Waals surface area contributed by atoms with E-state index in [4.69, 9.17) is 4.74 Å². The Bertz CT molecular complexity index is 655. The van der Waals surface area contributed by atoms with Gasteiger partial charge in [-0.2, -0.15) is 0 Å². The van der Waals surface area contributed by atoms with Gasteiger partial charge in [-0.25, -0.2) is 8.42 Å². The minimum atomic E-state index is -2.90. The van der Waals surface area contributed by atoms with E-state index in [0.29, 0.717) is 0 Å². The van der Waals surface area contributed by atoms with Crippen molar-refractivity contribution in [3.05, 3.63) is 24.3 Å². The number of sulfone groups is 1. The van der Waals surface area contributed by atoms with E-state index in [2.05, 4.69) is 16.8 Å². The van der Waals surface area contributed by atoms with Crippen LogP contribution in [0.25, 0.3) is 0 Å². The molecule has 3 rings (SSSR count). The summed E-state index contributed by atoms with van der Waals surface area (Å²) in [5.41, 5.74) is 1.05. The molecule has 0 saturated carbocycles. The summed E-state index contributed by atoms with van der Waals surface area (Å²) in [5, 5.41) is 1.00. The number of hydrogen-bond acceptors (Lipinski definition) is 6. The van der Waals surface area contributed by atoms with E-state index in [-0.39, 0.29) is 22.8 Å². The quantitative estimate of drug-likeness (QED) is 0.847. The maximum Gasteiger partial charge on any atom is 0.164 e. The third-order valence-electron chi connectivity index (χ3n) is 3.74. The van der Waals surface area contributed by atoms with Crippen molar-refractivity contribution in [1.82, 2.24) is 0 Å². The summed E-state index contributed by atoms with van der Waals surface area (Å²) in [6.45, 7) is 2.86. The zero-order valence-electron chi connectivity index (χ0n) is 12.0. The molecule has 0 N–H and O–H groups in total. The molecule has 1 aromatic rings. The van der Waals surface area contributed by atoms with Crippen LogP contribution in [0.1, 0.15) is 6.92 Å². The fourth-order valence-electron chi connectivity index (χ4n) is 2.66. The monoisotopic (exact) mass is 326 g/mol. The van der Waals surface area contributed by atoms with Gasteiger partial charge in [0.05, 0.1) is 24.7 Å². The first kappa shape index (κ1) is 14.7. The zero-order valence-corrected chi connectivity index (χ0v) is 13.7. The van der Waals surface area contributed by atoms with Crippen molar-refractivity contribution in [3.8, 4) is 5.75 Å². The third-order valence-corrected chi connectivity index (χ3v) is 6.98. The number of ether oxygens (including phenoxy) is 1. The second-order valence-corrected chi connectivity index (χ2v) is 8.51. The molecule has 0 radical (unpaired) electrons. The zero-order chi connectivity index (χ0) is 15.0. The molecule has 5 nitrogen and oxygen atoms in total. The fraction of sp³-hybridized carbons (Fsp3) is 0.500. The van der Waals surface area contributed by atoms with Gasteiger partial charge in [0, 0.05) is 17.5 Å². The molecule has 1 aromatic carbocycles. The van der Waals surface area contributed by atoms with Crippen molar-refractivity contribution >= 4 is 32.5 Å².